The van der Waals surface area contributed by atoms with Crippen LogP contribution in [0.25, 0.3) is 11.4 Å². The van der Waals surface area contributed by atoms with Crippen LogP contribution in [0.15, 0.2) is 47.6 Å². The van der Waals surface area contributed by atoms with E-state index in [4.69, 9.17) is 16.3 Å². The Bertz CT molecular complexity index is 1020. The minimum Gasteiger partial charge on any atom is -0.493 e. The molecule has 0 radical (unpaired) electrons. The lowest BCUT2D eigenvalue weighted by molar-refractivity contribution is -0.113. The van der Waals surface area contributed by atoms with E-state index >= 15 is 0 Å². The van der Waals surface area contributed by atoms with Crippen LogP contribution in [0.4, 0.5) is 5.69 Å². The van der Waals surface area contributed by atoms with Gasteiger partial charge in [-0.05, 0) is 54.8 Å². The smallest absolute Gasteiger partial charge is 0.234 e. The van der Waals surface area contributed by atoms with Gasteiger partial charge in [0.05, 0.1) is 12.4 Å². The van der Waals surface area contributed by atoms with Crippen LogP contribution in [0.1, 0.15) is 19.4 Å². The summed E-state index contributed by atoms with van der Waals surface area (Å²) in [6, 6.07) is 13.2. The Hall–Kier alpha value is -2.51. The number of hydrogen-bond donors (Lipinski definition) is 1. The first kappa shape index (κ1) is 22.2. The molecule has 1 heterocycles. The van der Waals surface area contributed by atoms with E-state index in [2.05, 4.69) is 29.4 Å². The summed E-state index contributed by atoms with van der Waals surface area (Å²) in [5, 5.41) is 12.7. The zero-order chi connectivity index (χ0) is 21.7. The molecule has 0 saturated heterocycles. The molecule has 3 aromatic rings. The zero-order valence-corrected chi connectivity index (χ0v) is 19.0. The molecule has 2 aromatic carbocycles. The lowest BCUT2D eigenvalue weighted by Gasteiger charge is -2.10. The van der Waals surface area contributed by atoms with E-state index in [0.29, 0.717) is 28.4 Å². The largest absolute Gasteiger partial charge is 0.493 e. The van der Waals surface area contributed by atoms with Crippen molar-refractivity contribution in [1.82, 2.24) is 14.8 Å². The lowest BCUT2D eigenvalue weighted by Crippen LogP contribution is -2.15. The van der Waals surface area contributed by atoms with Crippen LogP contribution in [-0.2, 0) is 11.8 Å². The SMILES string of the molecule is Cc1c(Cl)cccc1NC(=O)CSc1nnc(-c2ccc(OCC(C)C)cc2)n1C. The lowest BCUT2D eigenvalue weighted by atomic mass is 10.2. The Balaban J connectivity index is 1.61. The predicted molar refractivity (Wildman–Crippen MR) is 122 cm³/mol. The third kappa shape index (κ3) is 5.55. The van der Waals surface area contributed by atoms with Crippen molar-refractivity contribution in [1.29, 1.82) is 0 Å². The second kappa shape index (κ2) is 10.00. The van der Waals surface area contributed by atoms with Gasteiger partial charge in [0, 0.05) is 23.3 Å². The molecule has 0 saturated carbocycles. The molecule has 0 aliphatic rings. The van der Waals surface area contributed by atoms with E-state index in [1.54, 1.807) is 6.07 Å². The van der Waals surface area contributed by atoms with Crippen LogP contribution in [0.3, 0.4) is 0 Å². The van der Waals surface area contributed by atoms with Crippen molar-refractivity contribution in [3.05, 3.63) is 53.1 Å². The summed E-state index contributed by atoms with van der Waals surface area (Å²) in [6.45, 7) is 6.78. The van der Waals surface area contributed by atoms with E-state index < -0.39 is 0 Å². The van der Waals surface area contributed by atoms with Crippen molar-refractivity contribution in [3.8, 4) is 17.1 Å². The fourth-order valence-corrected chi connectivity index (χ4v) is 3.60. The third-order valence-corrected chi connectivity index (χ3v) is 5.83. The van der Waals surface area contributed by atoms with Gasteiger partial charge in [-0.2, -0.15) is 0 Å². The number of halogens is 1. The van der Waals surface area contributed by atoms with Gasteiger partial charge in [0.15, 0.2) is 11.0 Å². The van der Waals surface area contributed by atoms with Gasteiger partial charge in [0.25, 0.3) is 0 Å². The average molecular weight is 445 g/mol. The molecule has 158 valence electrons. The monoisotopic (exact) mass is 444 g/mol. The molecule has 0 unspecified atom stereocenters. The third-order valence-electron chi connectivity index (χ3n) is 4.40. The molecule has 0 aliphatic heterocycles. The number of rotatable bonds is 8. The molecule has 1 aromatic heterocycles. The van der Waals surface area contributed by atoms with Crippen LogP contribution in [0, 0.1) is 12.8 Å². The maximum atomic E-state index is 12.3. The molecule has 0 atom stereocenters. The molecule has 3 rings (SSSR count). The topological polar surface area (TPSA) is 69.0 Å². The van der Waals surface area contributed by atoms with E-state index in [1.165, 1.54) is 11.8 Å². The average Bonchev–Trinajstić information content (AvgIpc) is 3.09. The van der Waals surface area contributed by atoms with Crippen molar-refractivity contribution in [2.24, 2.45) is 13.0 Å². The zero-order valence-electron chi connectivity index (χ0n) is 17.5. The number of nitrogens with zero attached hydrogens (tertiary/aromatic N) is 3. The molecule has 0 aliphatic carbocycles. The fourth-order valence-electron chi connectivity index (χ4n) is 2.71. The van der Waals surface area contributed by atoms with Crippen molar-refractivity contribution in [3.63, 3.8) is 0 Å². The second-order valence-electron chi connectivity index (χ2n) is 7.34. The standard InChI is InChI=1S/C22H25ClN4O2S/c1-14(2)12-29-17-10-8-16(9-11-17)21-25-26-22(27(21)4)30-13-20(28)24-19-7-5-6-18(23)15(19)3/h5-11,14H,12-13H2,1-4H3,(H,24,28). The van der Waals surface area contributed by atoms with Crippen LogP contribution in [0.2, 0.25) is 5.02 Å². The molecule has 1 N–H and O–H groups in total. The number of nitrogens with one attached hydrogen (secondary N) is 1. The Morgan fingerprint density at radius 3 is 2.63 bits per heavy atom. The summed E-state index contributed by atoms with van der Waals surface area (Å²) in [4.78, 5) is 12.3. The summed E-state index contributed by atoms with van der Waals surface area (Å²) in [5.41, 5.74) is 2.50. The number of anilines is 1. The quantitative estimate of drug-likeness (QED) is 0.483. The van der Waals surface area contributed by atoms with E-state index in [0.717, 1.165) is 22.7 Å². The van der Waals surface area contributed by atoms with E-state index in [-0.39, 0.29) is 11.7 Å². The minimum atomic E-state index is -0.124. The van der Waals surface area contributed by atoms with E-state index in [9.17, 15) is 4.79 Å². The Morgan fingerprint density at radius 1 is 1.20 bits per heavy atom. The van der Waals surface area contributed by atoms with E-state index in [1.807, 2.05) is 54.9 Å². The highest BCUT2D eigenvalue weighted by Gasteiger charge is 2.14. The Labute approximate surface area is 186 Å². The number of hydrogen-bond acceptors (Lipinski definition) is 5. The maximum absolute atomic E-state index is 12.3. The van der Waals surface area contributed by atoms with Crippen molar-refractivity contribution in [2.45, 2.75) is 25.9 Å². The van der Waals surface area contributed by atoms with Gasteiger partial charge < -0.3 is 14.6 Å². The molecule has 0 bridgehead atoms. The van der Waals surface area contributed by atoms with Crippen molar-refractivity contribution >= 4 is 35.0 Å². The first-order chi connectivity index (χ1) is 14.3. The van der Waals surface area contributed by atoms with Crippen LogP contribution >= 0.6 is 23.4 Å². The Morgan fingerprint density at radius 2 is 1.93 bits per heavy atom. The van der Waals surface area contributed by atoms with Crippen LogP contribution < -0.4 is 10.1 Å². The normalized spacial score (nSPS) is 11.0. The van der Waals surface area contributed by atoms with Crippen LogP contribution in [-0.4, -0.2) is 33.0 Å². The van der Waals surface area contributed by atoms with Gasteiger partial charge in [-0.25, -0.2) is 0 Å². The number of aromatic nitrogens is 3. The summed E-state index contributed by atoms with van der Waals surface area (Å²) in [7, 11) is 1.89. The van der Waals surface area contributed by atoms with Crippen molar-refractivity contribution in [2.75, 3.05) is 17.7 Å². The van der Waals surface area contributed by atoms with Gasteiger partial charge in [0.2, 0.25) is 5.91 Å². The molecule has 1 amide bonds. The molecular weight excluding hydrogens is 420 g/mol. The number of thioether (sulfide) groups is 1. The first-order valence-electron chi connectivity index (χ1n) is 9.65. The minimum absolute atomic E-state index is 0.124. The van der Waals surface area contributed by atoms with Gasteiger partial charge in [0.1, 0.15) is 5.75 Å². The Kier molecular flexibility index (Phi) is 7.39. The maximum Gasteiger partial charge on any atom is 0.234 e. The number of carbonyl (C=O) groups is 1. The fraction of sp³-hybridized carbons (Fsp3) is 0.318. The molecule has 8 heteroatoms. The molecule has 6 nitrogen and oxygen atoms in total. The number of benzene rings is 2. The van der Waals surface area contributed by atoms with Gasteiger partial charge in [-0.3, -0.25) is 4.79 Å². The second-order valence-corrected chi connectivity index (χ2v) is 8.69. The van der Waals surface area contributed by atoms with Gasteiger partial charge in [-0.15, -0.1) is 10.2 Å². The number of ether oxygens (including phenoxy) is 1. The van der Waals surface area contributed by atoms with Crippen LogP contribution in [0.5, 0.6) is 5.75 Å². The van der Waals surface area contributed by atoms with Gasteiger partial charge >= 0.3 is 0 Å². The molecule has 0 spiro atoms. The summed E-state index contributed by atoms with van der Waals surface area (Å²) < 4.78 is 7.61. The predicted octanol–water partition coefficient (Wildman–Crippen LogP) is 5.21. The number of carbonyl (C=O) groups excluding carboxylic acids is 1. The molecular formula is C22H25ClN4O2S. The first-order valence-corrected chi connectivity index (χ1v) is 11.0. The molecule has 0 fully saturated rings. The highest BCUT2D eigenvalue weighted by atomic mass is 35.5. The highest BCUT2D eigenvalue weighted by Crippen LogP contribution is 2.26. The summed E-state index contributed by atoms with van der Waals surface area (Å²) in [6.07, 6.45) is 0. The molecule has 30 heavy (non-hydrogen) atoms. The van der Waals surface area contributed by atoms with Gasteiger partial charge in [-0.1, -0.05) is 43.3 Å². The summed E-state index contributed by atoms with van der Waals surface area (Å²) >= 11 is 7.44. The number of amides is 1. The summed E-state index contributed by atoms with van der Waals surface area (Å²) in [5.74, 6) is 2.14. The highest BCUT2D eigenvalue weighted by molar-refractivity contribution is 7.99. The van der Waals surface area contributed by atoms with Crippen molar-refractivity contribution < 1.29 is 9.53 Å².